The van der Waals surface area contributed by atoms with Crippen LogP contribution in [0.1, 0.15) is 23.6 Å². The van der Waals surface area contributed by atoms with E-state index in [1.54, 1.807) is 0 Å². The van der Waals surface area contributed by atoms with Gasteiger partial charge in [-0.25, -0.2) is 0 Å². The quantitative estimate of drug-likeness (QED) is 0.733. The first-order valence-electron chi connectivity index (χ1n) is 4.66. The molecule has 1 aromatic rings. The highest BCUT2D eigenvalue weighted by atomic mass is 35.5. The molecule has 0 aromatic heterocycles. The molecule has 0 aliphatic heterocycles. The van der Waals surface area contributed by atoms with Crippen LogP contribution in [0.3, 0.4) is 0 Å². The van der Waals surface area contributed by atoms with Crippen molar-refractivity contribution in [2.45, 2.75) is 32.2 Å². The highest BCUT2D eigenvalue weighted by Crippen LogP contribution is 2.24. The summed E-state index contributed by atoms with van der Waals surface area (Å²) in [5, 5.41) is 0. The van der Waals surface area contributed by atoms with Gasteiger partial charge in [-0.05, 0) is 36.0 Å². The largest absolute Gasteiger partial charge is 0.327 e. The summed E-state index contributed by atoms with van der Waals surface area (Å²) < 4.78 is 0. The fraction of sp³-hybridized carbons (Fsp3) is 0.455. The molecule has 2 heteroatoms. The Morgan fingerprint density at radius 2 is 2.15 bits per heavy atom. The van der Waals surface area contributed by atoms with E-state index in [0.29, 0.717) is 6.04 Å². The number of fused-ring (bicyclic) bond motifs is 1. The molecule has 1 atom stereocenters. The average Bonchev–Trinajstić information content (AvgIpc) is 2.44. The second-order valence-corrected chi connectivity index (χ2v) is 3.58. The number of hydrogen-bond donors (Lipinski definition) is 1. The highest BCUT2D eigenvalue weighted by molar-refractivity contribution is 5.85. The molecule has 0 heterocycles. The van der Waals surface area contributed by atoms with Crippen molar-refractivity contribution in [3.8, 4) is 0 Å². The van der Waals surface area contributed by atoms with Gasteiger partial charge in [0.25, 0.3) is 0 Å². The first-order chi connectivity index (χ1) is 5.81. The van der Waals surface area contributed by atoms with Crippen LogP contribution in [0.25, 0.3) is 0 Å². The van der Waals surface area contributed by atoms with Crippen LogP contribution in [0.2, 0.25) is 0 Å². The summed E-state index contributed by atoms with van der Waals surface area (Å²) in [6.07, 6.45) is 3.29. The van der Waals surface area contributed by atoms with Crippen LogP contribution in [0.5, 0.6) is 0 Å². The summed E-state index contributed by atoms with van der Waals surface area (Å²) in [6, 6.07) is 6.95. The van der Waals surface area contributed by atoms with Crippen molar-refractivity contribution >= 4 is 12.4 Å². The van der Waals surface area contributed by atoms with Crippen LogP contribution in [0, 0.1) is 0 Å². The lowest BCUT2D eigenvalue weighted by molar-refractivity contribution is 0.719. The Morgan fingerprint density at radius 3 is 2.85 bits per heavy atom. The van der Waals surface area contributed by atoms with E-state index >= 15 is 0 Å². The lowest BCUT2D eigenvalue weighted by atomic mass is 10.0. The second kappa shape index (κ2) is 4.12. The monoisotopic (exact) mass is 197 g/mol. The smallest absolute Gasteiger partial charge is 0.0120 e. The third kappa shape index (κ3) is 1.87. The van der Waals surface area contributed by atoms with Crippen molar-refractivity contribution in [3.63, 3.8) is 0 Å². The summed E-state index contributed by atoms with van der Waals surface area (Å²) >= 11 is 0. The molecule has 2 N–H and O–H groups in total. The third-order valence-electron chi connectivity index (χ3n) is 2.70. The predicted octanol–water partition coefficient (Wildman–Crippen LogP) is 2.10. The van der Waals surface area contributed by atoms with Crippen LogP contribution in [0.15, 0.2) is 18.2 Å². The van der Waals surface area contributed by atoms with Crippen molar-refractivity contribution in [2.24, 2.45) is 5.73 Å². The first kappa shape index (κ1) is 10.6. The SMILES string of the molecule is CCc1cccc2c1CC(N)C2.Cl. The lowest BCUT2D eigenvalue weighted by Crippen LogP contribution is -2.19. The van der Waals surface area contributed by atoms with Crippen molar-refractivity contribution in [1.82, 2.24) is 0 Å². The van der Waals surface area contributed by atoms with Crippen LogP contribution in [0.4, 0.5) is 0 Å². The molecule has 2 rings (SSSR count). The standard InChI is InChI=1S/C11H15N.ClH/c1-2-8-4-3-5-9-6-10(12)7-11(8)9;/h3-5,10H,2,6-7,12H2,1H3;1H. The molecule has 1 unspecified atom stereocenters. The highest BCUT2D eigenvalue weighted by Gasteiger charge is 2.19. The van der Waals surface area contributed by atoms with Crippen molar-refractivity contribution in [1.29, 1.82) is 0 Å². The summed E-state index contributed by atoms with van der Waals surface area (Å²) in [6.45, 7) is 2.21. The van der Waals surface area contributed by atoms with E-state index in [9.17, 15) is 0 Å². The van der Waals surface area contributed by atoms with E-state index in [4.69, 9.17) is 5.73 Å². The number of hydrogen-bond acceptors (Lipinski definition) is 1. The molecule has 1 aliphatic carbocycles. The van der Waals surface area contributed by atoms with Crippen LogP contribution in [-0.2, 0) is 19.3 Å². The van der Waals surface area contributed by atoms with Crippen molar-refractivity contribution < 1.29 is 0 Å². The second-order valence-electron chi connectivity index (χ2n) is 3.58. The maximum Gasteiger partial charge on any atom is 0.0120 e. The Balaban J connectivity index is 0.000000845. The Bertz CT molecular complexity index is 296. The van der Waals surface area contributed by atoms with Gasteiger partial charge in [0.15, 0.2) is 0 Å². The molecule has 0 bridgehead atoms. The van der Waals surface area contributed by atoms with Crippen LogP contribution in [-0.4, -0.2) is 6.04 Å². The summed E-state index contributed by atoms with van der Waals surface area (Å²) in [5.74, 6) is 0. The van der Waals surface area contributed by atoms with Gasteiger partial charge in [-0.1, -0.05) is 25.1 Å². The third-order valence-corrected chi connectivity index (χ3v) is 2.70. The number of benzene rings is 1. The molecule has 0 saturated carbocycles. The summed E-state index contributed by atoms with van der Waals surface area (Å²) in [5.41, 5.74) is 10.4. The minimum absolute atomic E-state index is 0. The van der Waals surface area contributed by atoms with Crippen LogP contribution < -0.4 is 5.73 Å². The van der Waals surface area contributed by atoms with E-state index in [-0.39, 0.29) is 12.4 Å². The molecule has 1 aliphatic rings. The van der Waals surface area contributed by atoms with Crippen molar-refractivity contribution in [3.05, 3.63) is 34.9 Å². The summed E-state index contributed by atoms with van der Waals surface area (Å²) in [4.78, 5) is 0. The van der Waals surface area contributed by atoms with E-state index in [1.807, 2.05) is 0 Å². The zero-order chi connectivity index (χ0) is 8.55. The molecular weight excluding hydrogens is 182 g/mol. The predicted molar refractivity (Wildman–Crippen MR) is 58.5 cm³/mol. The average molecular weight is 198 g/mol. The number of halogens is 1. The molecule has 0 spiro atoms. The van der Waals surface area contributed by atoms with Gasteiger partial charge in [0.2, 0.25) is 0 Å². The summed E-state index contributed by atoms with van der Waals surface area (Å²) in [7, 11) is 0. The Kier molecular flexibility index (Phi) is 3.34. The Morgan fingerprint density at radius 1 is 1.38 bits per heavy atom. The van der Waals surface area contributed by atoms with E-state index in [0.717, 1.165) is 19.3 Å². The molecule has 13 heavy (non-hydrogen) atoms. The zero-order valence-corrected chi connectivity index (χ0v) is 8.73. The molecular formula is C11H16ClN. The molecule has 0 saturated heterocycles. The molecule has 0 radical (unpaired) electrons. The Hall–Kier alpha value is -0.530. The van der Waals surface area contributed by atoms with Gasteiger partial charge in [0.05, 0.1) is 0 Å². The topological polar surface area (TPSA) is 26.0 Å². The minimum atomic E-state index is 0. The fourth-order valence-electron chi connectivity index (χ4n) is 2.09. The van der Waals surface area contributed by atoms with E-state index in [2.05, 4.69) is 25.1 Å². The zero-order valence-electron chi connectivity index (χ0n) is 7.92. The molecule has 1 nitrogen and oxygen atoms in total. The van der Waals surface area contributed by atoms with Gasteiger partial charge in [0, 0.05) is 6.04 Å². The van der Waals surface area contributed by atoms with Gasteiger partial charge in [-0.3, -0.25) is 0 Å². The number of nitrogens with two attached hydrogens (primary N) is 1. The van der Waals surface area contributed by atoms with Gasteiger partial charge in [-0.2, -0.15) is 0 Å². The molecule has 72 valence electrons. The molecule has 0 fully saturated rings. The molecule has 1 aromatic carbocycles. The number of rotatable bonds is 1. The normalized spacial score (nSPS) is 19.4. The fourth-order valence-corrected chi connectivity index (χ4v) is 2.09. The van der Waals surface area contributed by atoms with Gasteiger partial charge < -0.3 is 5.73 Å². The minimum Gasteiger partial charge on any atom is -0.327 e. The lowest BCUT2D eigenvalue weighted by Gasteiger charge is -2.04. The van der Waals surface area contributed by atoms with E-state index < -0.39 is 0 Å². The van der Waals surface area contributed by atoms with Gasteiger partial charge >= 0.3 is 0 Å². The van der Waals surface area contributed by atoms with Gasteiger partial charge in [-0.15, -0.1) is 12.4 Å². The molecule has 0 amide bonds. The van der Waals surface area contributed by atoms with Crippen LogP contribution >= 0.6 is 12.4 Å². The van der Waals surface area contributed by atoms with Gasteiger partial charge in [0.1, 0.15) is 0 Å². The first-order valence-corrected chi connectivity index (χ1v) is 4.66. The maximum atomic E-state index is 5.91. The Labute approximate surface area is 85.7 Å². The maximum absolute atomic E-state index is 5.91. The van der Waals surface area contributed by atoms with E-state index in [1.165, 1.54) is 16.7 Å². The van der Waals surface area contributed by atoms with Crippen molar-refractivity contribution in [2.75, 3.05) is 0 Å². The number of aryl methyl sites for hydroxylation is 1.